The monoisotopic (exact) mass is 1150 g/mol. The van der Waals surface area contributed by atoms with Crippen LogP contribution in [0.1, 0.15) is 399 Å². The highest BCUT2D eigenvalue weighted by atomic mass is 16.5. The van der Waals surface area contributed by atoms with Crippen LogP contribution in [0.15, 0.2) is 48.6 Å². The van der Waals surface area contributed by atoms with Gasteiger partial charge in [0.2, 0.25) is 5.91 Å². The molecule has 482 valence electrons. The van der Waals surface area contributed by atoms with Gasteiger partial charge in [-0.15, -0.1) is 0 Å². The molecule has 0 fully saturated rings. The second-order valence-electron chi connectivity index (χ2n) is 25.3. The molecule has 82 heavy (non-hydrogen) atoms. The lowest BCUT2D eigenvalue weighted by molar-refractivity contribution is -0.143. The minimum Gasteiger partial charge on any atom is -0.466 e. The molecule has 0 radical (unpaired) electrons. The van der Waals surface area contributed by atoms with Gasteiger partial charge in [-0.1, -0.05) is 345 Å². The van der Waals surface area contributed by atoms with Crippen molar-refractivity contribution in [1.82, 2.24) is 5.32 Å². The molecule has 1 amide bonds. The third kappa shape index (κ3) is 67.0. The van der Waals surface area contributed by atoms with Crippen LogP contribution in [-0.2, 0) is 14.3 Å². The van der Waals surface area contributed by atoms with Crippen molar-refractivity contribution < 1.29 is 24.5 Å². The molecular formula is C76H143NO5. The Balaban J connectivity index is 3.36. The summed E-state index contributed by atoms with van der Waals surface area (Å²) in [4.78, 5) is 24.6. The summed E-state index contributed by atoms with van der Waals surface area (Å²) in [6, 6.07) is -0.539. The number of rotatable bonds is 69. The number of carbonyl (C=O) groups excluding carboxylic acids is 2. The van der Waals surface area contributed by atoms with Gasteiger partial charge in [-0.2, -0.15) is 0 Å². The van der Waals surface area contributed by atoms with Crippen LogP contribution < -0.4 is 5.32 Å². The smallest absolute Gasteiger partial charge is 0.305 e. The molecule has 0 heterocycles. The van der Waals surface area contributed by atoms with Crippen molar-refractivity contribution in [2.75, 3.05) is 13.2 Å². The van der Waals surface area contributed by atoms with Gasteiger partial charge in [0.1, 0.15) is 0 Å². The van der Waals surface area contributed by atoms with E-state index >= 15 is 0 Å². The van der Waals surface area contributed by atoms with Crippen LogP contribution in [0.3, 0.4) is 0 Å². The Kier molecular flexibility index (Phi) is 69.4. The van der Waals surface area contributed by atoms with Crippen LogP contribution in [0.5, 0.6) is 0 Å². The van der Waals surface area contributed by atoms with Crippen LogP contribution in [0.25, 0.3) is 0 Å². The maximum atomic E-state index is 12.5. The van der Waals surface area contributed by atoms with Gasteiger partial charge in [-0.3, -0.25) is 9.59 Å². The molecule has 2 atom stereocenters. The number of allylic oxidation sites excluding steroid dienone is 8. The molecule has 0 saturated heterocycles. The summed E-state index contributed by atoms with van der Waals surface area (Å²) in [7, 11) is 0. The predicted octanol–water partition coefficient (Wildman–Crippen LogP) is 24.0. The van der Waals surface area contributed by atoms with Gasteiger partial charge in [0.15, 0.2) is 0 Å². The van der Waals surface area contributed by atoms with E-state index in [1.165, 1.54) is 308 Å². The molecule has 0 saturated carbocycles. The number of aliphatic hydroxyl groups excluding tert-OH is 2. The number of amides is 1. The normalized spacial score (nSPS) is 12.8. The Morgan fingerprint density at radius 3 is 0.951 bits per heavy atom. The first-order valence-corrected chi connectivity index (χ1v) is 36.9. The molecule has 6 heteroatoms. The first kappa shape index (κ1) is 79.8. The van der Waals surface area contributed by atoms with E-state index in [0.717, 1.165) is 57.8 Å². The van der Waals surface area contributed by atoms with Crippen molar-refractivity contribution in [2.45, 2.75) is 411 Å². The van der Waals surface area contributed by atoms with E-state index in [1.807, 2.05) is 0 Å². The van der Waals surface area contributed by atoms with Crippen molar-refractivity contribution in [1.29, 1.82) is 0 Å². The Morgan fingerprint density at radius 2 is 0.610 bits per heavy atom. The van der Waals surface area contributed by atoms with Gasteiger partial charge in [0, 0.05) is 12.8 Å². The van der Waals surface area contributed by atoms with E-state index in [4.69, 9.17) is 4.74 Å². The lowest BCUT2D eigenvalue weighted by Gasteiger charge is -2.22. The van der Waals surface area contributed by atoms with Crippen LogP contribution in [0.4, 0.5) is 0 Å². The maximum Gasteiger partial charge on any atom is 0.305 e. The number of esters is 1. The molecule has 2 unspecified atom stereocenters. The lowest BCUT2D eigenvalue weighted by Crippen LogP contribution is -2.45. The summed E-state index contributed by atoms with van der Waals surface area (Å²) in [5.41, 5.74) is 0. The lowest BCUT2D eigenvalue weighted by atomic mass is 10.0. The SMILES string of the molecule is CCCCC/C=C\C/C=C\CCCCCCCCCC(=O)OCCCCCCCCCCCCC/C=C\C/C=C\CCCCCCCCCCCCCCCCCCCC(=O)NC(CO)C(O)CCCCCCCCCCCCCCC. The molecule has 0 aliphatic rings. The predicted molar refractivity (Wildman–Crippen MR) is 361 cm³/mol. The molecule has 0 spiro atoms. The average Bonchev–Trinajstić information content (AvgIpc) is 3.48. The zero-order valence-electron chi connectivity index (χ0n) is 55.2. The summed E-state index contributed by atoms with van der Waals surface area (Å²) in [5, 5.41) is 23.3. The Bertz CT molecular complexity index is 1370. The van der Waals surface area contributed by atoms with E-state index < -0.39 is 12.1 Å². The zero-order chi connectivity index (χ0) is 59.2. The van der Waals surface area contributed by atoms with Crippen molar-refractivity contribution in [3.8, 4) is 0 Å². The van der Waals surface area contributed by atoms with E-state index in [-0.39, 0.29) is 18.5 Å². The minimum atomic E-state index is -0.662. The maximum absolute atomic E-state index is 12.5. The summed E-state index contributed by atoms with van der Waals surface area (Å²) in [6.07, 6.45) is 93.2. The first-order valence-electron chi connectivity index (χ1n) is 36.9. The topological polar surface area (TPSA) is 95.9 Å². The molecule has 0 bridgehead atoms. The molecular weight excluding hydrogens is 1010 g/mol. The minimum absolute atomic E-state index is 0.00917. The molecule has 0 aromatic carbocycles. The highest BCUT2D eigenvalue weighted by molar-refractivity contribution is 5.76. The van der Waals surface area contributed by atoms with Gasteiger partial charge >= 0.3 is 5.97 Å². The number of hydrogen-bond donors (Lipinski definition) is 3. The third-order valence-electron chi connectivity index (χ3n) is 17.1. The Hall–Kier alpha value is -2.18. The number of hydrogen-bond acceptors (Lipinski definition) is 5. The van der Waals surface area contributed by atoms with Gasteiger partial charge in [0.05, 0.1) is 25.4 Å². The number of ether oxygens (including phenoxy) is 1. The summed E-state index contributed by atoms with van der Waals surface area (Å²) in [6.45, 7) is 4.95. The molecule has 3 N–H and O–H groups in total. The standard InChI is InChI=1S/C76H143NO5/c1-3-5-7-9-11-13-15-17-18-38-42-46-50-54-58-62-66-70-76(81)82-71-67-63-59-55-51-47-43-40-37-35-33-31-29-27-25-23-21-19-20-22-24-26-28-30-32-34-36-39-41-45-49-53-57-61-65-69-75(80)77-73(72-78)74(79)68-64-60-56-52-48-44-16-14-12-10-8-6-4-2/h11,13,17-18,21,23,27,29,73-74,78-79H,3-10,12,14-16,19-20,22,24-26,28,30-72H2,1-2H3,(H,77,80)/b13-11-,18-17-,23-21-,29-27-. The Morgan fingerprint density at radius 1 is 0.341 bits per heavy atom. The fraction of sp³-hybridized carbons (Fsp3) is 0.868. The van der Waals surface area contributed by atoms with Gasteiger partial charge < -0.3 is 20.3 Å². The summed E-state index contributed by atoms with van der Waals surface area (Å²) >= 11 is 0. The molecule has 0 rings (SSSR count). The largest absolute Gasteiger partial charge is 0.466 e. The van der Waals surface area contributed by atoms with Gasteiger partial charge in [0.25, 0.3) is 0 Å². The first-order chi connectivity index (χ1) is 40.5. The fourth-order valence-corrected chi connectivity index (χ4v) is 11.5. The van der Waals surface area contributed by atoms with Gasteiger partial charge in [-0.05, 0) is 89.9 Å². The van der Waals surface area contributed by atoms with E-state index in [1.54, 1.807) is 0 Å². The Labute approximate surface area is 512 Å². The number of nitrogens with one attached hydrogen (secondary N) is 1. The van der Waals surface area contributed by atoms with Crippen LogP contribution in [-0.4, -0.2) is 47.4 Å². The molecule has 0 aromatic rings. The van der Waals surface area contributed by atoms with Crippen LogP contribution in [0, 0.1) is 0 Å². The van der Waals surface area contributed by atoms with Crippen molar-refractivity contribution in [2.24, 2.45) is 0 Å². The highest BCUT2D eigenvalue weighted by Crippen LogP contribution is 2.19. The summed E-state index contributed by atoms with van der Waals surface area (Å²) in [5.74, 6) is -0.0219. The van der Waals surface area contributed by atoms with E-state index in [0.29, 0.717) is 25.9 Å². The van der Waals surface area contributed by atoms with Crippen LogP contribution in [0.2, 0.25) is 0 Å². The molecule has 6 nitrogen and oxygen atoms in total. The number of aliphatic hydroxyl groups is 2. The van der Waals surface area contributed by atoms with E-state index in [9.17, 15) is 19.8 Å². The van der Waals surface area contributed by atoms with Crippen LogP contribution >= 0.6 is 0 Å². The van der Waals surface area contributed by atoms with Crippen molar-refractivity contribution in [3.05, 3.63) is 48.6 Å². The quantitative estimate of drug-likeness (QED) is 0.0320. The molecule has 0 aliphatic carbocycles. The summed E-state index contributed by atoms with van der Waals surface area (Å²) < 4.78 is 5.50. The highest BCUT2D eigenvalue weighted by Gasteiger charge is 2.20. The zero-order valence-corrected chi connectivity index (χ0v) is 55.2. The van der Waals surface area contributed by atoms with Gasteiger partial charge in [-0.25, -0.2) is 0 Å². The average molecular weight is 1150 g/mol. The van der Waals surface area contributed by atoms with Crippen molar-refractivity contribution >= 4 is 11.9 Å². The fourth-order valence-electron chi connectivity index (χ4n) is 11.5. The third-order valence-corrected chi connectivity index (χ3v) is 17.1. The number of carbonyl (C=O) groups is 2. The van der Waals surface area contributed by atoms with Crippen molar-refractivity contribution in [3.63, 3.8) is 0 Å². The molecule has 0 aliphatic heterocycles. The number of unbranched alkanes of at least 4 members (excludes halogenated alkanes) is 50. The second-order valence-corrected chi connectivity index (χ2v) is 25.3. The molecule has 0 aromatic heterocycles. The second kappa shape index (κ2) is 71.3. The van der Waals surface area contributed by atoms with E-state index in [2.05, 4.69) is 67.8 Å².